The van der Waals surface area contributed by atoms with Crippen LogP contribution in [-0.4, -0.2) is 6.61 Å². The van der Waals surface area contributed by atoms with Gasteiger partial charge in [0, 0.05) is 6.07 Å². The number of hydrogen-bond donors (Lipinski definition) is 0. The highest BCUT2D eigenvalue weighted by Gasteiger charge is 2.31. The van der Waals surface area contributed by atoms with Crippen LogP contribution in [-0.2, 0) is 0 Å². The van der Waals surface area contributed by atoms with Gasteiger partial charge < -0.3 is 4.74 Å². The van der Waals surface area contributed by atoms with Crippen LogP contribution in [0.15, 0.2) is 6.07 Å². The zero-order chi connectivity index (χ0) is 19.4. The first-order valence-corrected chi connectivity index (χ1v) is 10.4. The smallest absolute Gasteiger partial charge is 0.203 e. The Bertz CT molecular complexity index is 617. The summed E-state index contributed by atoms with van der Waals surface area (Å²) in [6.45, 7) is 2.48. The number of ether oxygens (including phenoxy) is 1. The molecule has 0 bridgehead atoms. The molecule has 0 aromatic heterocycles. The molecule has 0 radical (unpaired) electrons. The lowest BCUT2D eigenvalue weighted by molar-refractivity contribution is 0.120. The predicted octanol–water partition coefficient (Wildman–Crippen LogP) is 7.03. The molecule has 0 spiro atoms. The zero-order valence-electron chi connectivity index (χ0n) is 16.1. The third-order valence-corrected chi connectivity index (χ3v) is 6.69. The van der Waals surface area contributed by atoms with E-state index in [0.717, 1.165) is 43.4 Å². The Kier molecular flexibility index (Phi) is 7.04. The lowest BCUT2D eigenvalue weighted by Gasteiger charge is -2.37. The first-order chi connectivity index (χ1) is 13.0. The Morgan fingerprint density at radius 2 is 1.33 bits per heavy atom. The van der Waals surface area contributed by atoms with Gasteiger partial charge in [-0.2, -0.15) is 4.39 Å². The lowest BCUT2D eigenvalue weighted by atomic mass is 9.69. The fourth-order valence-electron chi connectivity index (χ4n) is 5.05. The molecule has 1 nitrogen and oxygen atoms in total. The summed E-state index contributed by atoms with van der Waals surface area (Å²) in [5, 5.41) is 0. The Morgan fingerprint density at radius 3 is 1.89 bits per heavy atom. The molecule has 0 amide bonds. The predicted molar refractivity (Wildman–Crippen MR) is 97.6 cm³/mol. The van der Waals surface area contributed by atoms with Crippen molar-refractivity contribution in [2.75, 3.05) is 6.61 Å². The van der Waals surface area contributed by atoms with Gasteiger partial charge in [-0.25, -0.2) is 13.2 Å². The minimum atomic E-state index is -1.81. The second-order valence-corrected chi connectivity index (χ2v) is 8.46. The van der Waals surface area contributed by atoms with E-state index in [1.807, 2.05) is 0 Å². The maximum absolute atomic E-state index is 13.7. The van der Waals surface area contributed by atoms with E-state index in [9.17, 15) is 17.6 Å². The highest BCUT2D eigenvalue weighted by Crippen LogP contribution is 2.42. The summed E-state index contributed by atoms with van der Waals surface area (Å²) < 4.78 is 58.5. The molecule has 2 aliphatic rings. The number of benzene rings is 1. The Morgan fingerprint density at radius 1 is 0.778 bits per heavy atom. The van der Waals surface area contributed by atoms with Crippen LogP contribution in [0.3, 0.4) is 0 Å². The maximum atomic E-state index is 13.7. The van der Waals surface area contributed by atoms with Crippen LogP contribution in [0.2, 0.25) is 0 Å². The van der Waals surface area contributed by atoms with E-state index >= 15 is 0 Å². The summed E-state index contributed by atoms with van der Waals surface area (Å²) in [6.07, 6.45) is 12.3. The zero-order valence-corrected chi connectivity index (χ0v) is 16.1. The van der Waals surface area contributed by atoms with Crippen molar-refractivity contribution in [1.29, 1.82) is 0 Å². The van der Waals surface area contributed by atoms with Crippen molar-refractivity contribution >= 4 is 0 Å². The molecule has 0 saturated heterocycles. The molecule has 0 heterocycles. The molecule has 1 aromatic carbocycles. The lowest BCUT2D eigenvalue weighted by Crippen LogP contribution is -2.27. The van der Waals surface area contributed by atoms with Gasteiger partial charge in [-0.15, -0.1) is 0 Å². The molecule has 0 unspecified atom stereocenters. The van der Waals surface area contributed by atoms with Crippen molar-refractivity contribution in [2.45, 2.75) is 71.1 Å². The Hall–Kier alpha value is -1.26. The van der Waals surface area contributed by atoms with E-state index in [4.69, 9.17) is 4.74 Å². The Labute approximate surface area is 159 Å². The average molecular weight is 386 g/mol. The van der Waals surface area contributed by atoms with Gasteiger partial charge in [0.05, 0.1) is 6.61 Å². The third kappa shape index (κ3) is 4.97. The minimum Gasteiger partial charge on any atom is -0.490 e. The number of halogens is 4. The first kappa shape index (κ1) is 20.5. The average Bonchev–Trinajstić information content (AvgIpc) is 2.69. The molecule has 2 aliphatic carbocycles. The molecule has 5 heteroatoms. The van der Waals surface area contributed by atoms with Gasteiger partial charge in [0.1, 0.15) is 0 Å². The van der Waals surface area contributed by atoms with Crippen molar-refractivity contribution in [3.63, 3.8) is 0 Å². The maximum Gasteiger partial charge on any atom is 0.203 e. The minimum absolute atomic E-state index is 0.220. The van der Waals surface area contributed by atoms with Gasteiger partial charge >= 0.3 is 0 Å². The van der Waals surface area contributed by atoms with E-state index in [2.05, 4.69) is 6.92 Å². The number of rotatable bonds is 6. The van der Waals surface area contributed by atoms with Crippen LogP contribution < -0.4 is 4.74 Å². The molecule has 152 valence electrons. The van der Waals surface area contributed by atoms with E-state index < -0.39 is 29.0 Å². The van der Waals surface area contributed by atoms with E-state index in [0.29, 0.717) is 6.07 Å². The summed E-state index contributed by atoms with van der Waals surface area (Å²) in [6, 6.07) is 0.591. The molecule has 2 fully saturated rings. The van der Waals surface area contributed by atoms with Gasteiger partial charge in [0.25, 0.3) is 0 Å². The molecule has 0 aliphatic heterocycles. The molecule has 1 aromatic rings. The monoisotopic (exact) mass is 386 g/mol. The SMILES string of the molecule is CCCC1CCC(C2CCC(COc3cc(F)c(F)c(F)c3F)CC2)CC1. The summed E-state index contributed by atoms with van der Waals surface area (Å²) in [5.41, 5.74) is 0. The van der Waals surface area contributed by atoms with Gasteiger partial charge in [-0.05, 0) is 62.2 Å². The van der Waals surface area contributed by atoms with E-state index in [-0.39, 0.29) is 12.5 Å². The molecular weight excluding hydrogens is 356 g/mol. The topological polar surface area (TPSA) is 9.23 Å². The molecule has 0 atom stereocenters. The molecule has 2 saturated carbocycles. The molecule has 0 N–H and O–H groups in total. The van der Waals surface area contributed by atoms with Gasteiger partial charge in [0.15, 0.2) is 17.4 Å². The summed E-state index contributed by atoms with van der Waals surface area (Å²) in [4.78, 5) is 0. The second kappa shape index (κ2) is 9.29. The van der Waals surface area contributed by atoms with Gasteiger partial charge in [-0.3, -0.25) is 0 Å². The highest BCUT2D eigenvalue weighted by molar-refractivity contribution is 5.27. The largest absolute Gasteiger partial charge is 0.490 e. The quantitative estimate of drug-likeness (QED) is 0.290. The molecule has 27 heavy (non-hydrogen) atoms. The van der Waals surface area contributed by atoms with Crippen LogP contribution in [0.4, 0.5) is 17.6 Å². The van der Waals surface area contributed by atoms with E-state index in [1.165, 1.54) is 38.5 Å². The van der Waals surface area contributed by atoms with Crippen LogP contribution in [0.5, 0.6) is 5.75 Å². The molecule has 3 rings (SSSR count). The van der Waals surface area contributed by atoms with Crippen LogP contribution in [0.1, 0.15) is 71.1 Å². The number of hydrogen-bond acceptors (Lipinski definition) is 1. The summed E-state index contributed by atoms with van der Waals surface area (Å²) in [7, 11) is 0. The van der Waals surface area contributed by atoms with Crippen molar-refractivity contribution in [1.82, 2.24) is 0 Å². The van der Waals surface area contributed by atoms with Crippen molar-refractivity contribution in [3.05, 3.63) is 29.3 Å². The van der Waals surface area contributed by atoms with Gasteiger partial charge in [-0.1, -0.05) is 32.6 Å². The van der Waals surface area contributed by atoms with E-state index in [1.54, 1.807) is 0 Å². The van der Waals surface area contributed by atoms with Crippen LogP contribution in [0.25, 0.3) is 0 Å². The highest BCUT2D eigenvalue weighted by atomic mass is 19.2. The van der Waals surface area contributed by atoms with Crippen molar-refractivity contribution < 1.29 is 22.3 Å². The Balaban J connectivity index is 1.44. The second-order valence-electron chi connectivity index (χ2n) is 8.46. The fraction of sp³-hybridized carbons (Fsp3) is 0.727. The third-order valence-electron chi connectivity index (χ3n) is 6.69. The first-order valence-electron chi connectivity index (χ1n) is 10.4. The summed E-state index contributed by atoms with van der Waals surface area (Å²) in [5.74, 6) is -4.25. The van der Waals surface area contributed by atoms with Crippen molar-refractivity contribution in [3.8, 4) is 5.75 Å². The van der Waals surface area contributed by atoms with Crippen LogP contribution in [0, 0.1) is 46.9 Å². The normalized spacial score (nSPS) is 28.9. The summed E-state index contributed by atoms with van der Waals surface area (Å²) >= 11 is 0. The fourth-order valence-corrected chi connectivity index (χ4v) is 5.05. The molecular formula is C22H30F4O. The van der Waals surface area contributed by atoms with Crippen molar-refractivity contribution in [2.24, 2.45) is 23.7 Å². The van der Waals surface area contributed by atoms with Crippen LogP contribution >= 0.6 is 0 Å². The van der Waals surface area contributed by atoms with Gasteiger partial charge in [0.2, 0.25) is 11.6 Å². The standard InChI is InChI=1S/C22H30F4O/c1-2-3-14-4-8-16(9-5-14)17-10-6-15(7-11-17)13-27-19-12-18(23)20(24)22(26)21(19)25/h12,14-17H,2-11,13H2,1H3.